The molecule has 1 N–H and O–H groups in total. The topological polar surface area (TPSA) is 70.1 Å². The molecule has 2 saturated heterocycles. The molecule has 1 amide bonds. The molecule has 0 radical (unpaired) electrons. The average Bonchev–Trinajstić information content (AvgIpc) is 2.98. The number of amides is 1. The molecule has 0 saturated carbocycles. The lowest BCUT2D eigenvalue weighted by molar-refractivity contribution is -0.166. The standard InChI is InChI=1S/C19H26N2O4/c1-2-6-17(22)21-16(18(23)24)14-25-19(21)9-11-20(12-10-19)13-15-7-4-3-5-8-15/h3-5,7-8,16H,2,6,9-14H2,1H3,(H,23,24)/t16-/m0/s1. The molecule has 2 heterocycles. The van der Waals surface area contributed by atoms with Crippen LogP contribution in [-0.4, -0.2) is 58.2 Å². The number of ether oxygens (including phenoxy) is 1. The van der Waals surface area contributed by atoms with Crippen molar-refractivity contribution in [2.75, 3.05) is 19.7 Å². The van der Waals surface area contributed by atoms with Gasteiger partial charge >= 0.3 is 5.97 Å². The fourth-order valence-corrected chi connectivity index (χ4v) is 3.87. The Morgan fingerprint density at radius 3 is 2.52 bits per heavy atom. The molecule has 1 aromatic rings. The third-order valence-corrected chi connectivity index (χ3v) is 5.16. The molecule has 0 unspecified atom stereocenters. The maximum atomic E-state index is 12.6. The van der Waals surface area contributed by atoms with Gasteiger partial charge in [-0.15, -0.1) is 0 Å². The smallest absolute Gasteiger partial charge is 0.328 e. The molecule has 136 valence electrons. The number of carbonyl (C=O) groups is 2. The summed E-state index contributed by atoms with van der Waals surface area (Å²) in [6, 6.07) is 9.42. The molecule has 25 heavy (non-hydrogen) atoms. The number of nitrogens with zero attached hydrogens (tertiary/aromatic N) is 2. The van der Waals surface area contributed by atoms with E-state index in [9.17, 15) is 14.7 Å². The first-order chi connectivity index (χ1) is 12.1. The normalized spacial score (nSPS) is 23.1. The number of rotatable bonds is 5. The van der Waals surface area contributed by atoms with Gasteiger partial charge in [-0.05, 0) is 12.0 Å². The van der Waals surface area contributed by atoms with Gasteiger partial charge in [0.15, 0.2) is 6.04 Å². The minimum absolute atomic E-state index is 0.0868. The van der Waals surface area contributed by atoms with E-state index in [1.54, 1.807) is 0 Å². The van der Waals surface area contributed by atoms with E-state index in [0.29, 0.717) is 25.7 Å². The van der Waals surface area contributed by atoms with Gasteiger partial charge in [0, 0.05) is 38.9 Å². The summed E-state index contributed by atoms with van der Waals surface area (Å²) in [5.74, 6) is -1.09. The Bertz CT molecular complexity index is 611. The second-order valence-electron chi connectivity index (χ2n) is 6.89. The highest BCUT2D eigenvalue weighted by molar-refractivity contribution is 5.85. The predicted octanol–water partition coefficient (Wildman–Crippen LogP) is 2.09. The first kappa shape index (κ1) is 17.9. The zero-order valence-electron chi connectivity index (χ0n) is 14.7. The largest absolute Gasteiger partial charge is 0.480 e. The van der Waals surface area contributed by atoms with Crippen LogP contribution >= 0.6 is 0 Å². The molecule has 2 fully saturated rings. The first-order valence-electron chi connectivity index (χ1n) is 9.01. The van der Waals surface area contributed by atoms with Gasteiger partial charge in [-0.3, -0.25) is 14.6 Å². The second-order valence-corrected chi connectivity index (χ2v) is 6.89. The van der Waals surface area contributed by atoms with Gasteiger partial charge in [0.05, 0.1) is 6.61 Å². The number of carboxylic acids is 1. The lowest BCUT2D eigenvalue weighted by atomic mass is 9.96. The van der Waals surface area contributed by atoms with Crippen molar-refractivity contribution in [1.29, 1.82) is 0 Å². The molecule has 0 aromatic heterocycles. The summed E-state index contributed by atoms with van der Waals surface area (Å²) in [6.45, 7) is 4.46. The molecule has 3 rings (SSSR count). The van der Waals surface area contributed by atoms with Crippen LogP contribution in [0.5, 0.6) is 0 Å². The summed E-state index contributed by atoms with van der Waals surface area (Å²) < 4.78 is 5.93. The summed E-state index contributed by atoms with van der Waals surface area (Å²) in [5, 5.41) is 9.48. The Kier molecular flexibility index (Phi) is 5.39. The van der Waals surface area contributed by atoms with E-state index in [0.717, 1.165) is 19.6 Å². The molecule has 1 aromatic carbocycles. The van der Waals surface area contributed by atoms with Gasteiger partial charge in [-0.1, -0.05) is 37.3 Å². The van der Waals surface area contributed by atoms with Crippen LogP contribution in [0, 0.1) is 0 Å². The Balaban J connectivity index is 1.69. The molecule has 1 atom stereocenters. The summed E-state index contributed by atoms with van der Waals surface area (Å²) in [6.07, 6.45) is 2.37. The number of aliphatic carboxylic acids is 1. The van der Waals surface area contributed by atoms with Crippen LogP contribution in [0.4, 0.5) is 0 Å². The Labute approximate surface area is 148 Å². The van der Waals surface area contributed by atoms with Crippen LogP contribution < -0.4 is 0 Å². The predicted molar refractivity (Wildman–Crippen MR) is 92.8 cm³/mol. The van der Waals surface area contributed by atoms with Crippen LogP contribution in [0.3, 0.4) is 0 Å². The van der Waals surface area contributed by atoms with Gasteiger partial charge in [-0.2, -0.15) is 0 Å². The number of carboxylic acid groups (broad SMARTS) is 1. The van der Waals surface area contributed by atoms with Crippen molar-refractivity contribution in [3.8, 4) is 0 Å². The van der Waals surface area contributed by atoms with E-state index in [4.69, 9.17) is 4.74 Å². The number of hydrogen-bond donors (Lipinski definition) is 1. The van der Waals surface area contributed by atoms with Gasteiger partial charge in [0.25, 0.3) is 0 Å². The molecule has 0 bridgehead atoms. The van der Waals surface area contributed by atoms with Gasteiger partial charge < -0.3 is 9.84 Å². The third kappa shape index (κ3) is 3.70. The first-order valence-corrected chi connectivity index (χ1v) is 9.01. The fraction of sp³-hybridized carbons (Fsp3) is 0.579. The van der Waals surface area contributed by atoms with Gasteiger partial charge in [-0.25, -0.2) is 4.79 Å². The molecule has 1 spiro atoms. The number of hydrogen-bond acceptors (Lipinski definition) is 4. The van der Waals surface area contributed by atoms with Crippen molar-refractivity contribution in [1.82, 2.24) is 9.80 Å². The molecular weight excluding hydrogens is 320 g/mol. The minimum atomic E-state index is -0.979. The molecular formula is C19H26N2O4. The fourth-order valence-electron chi connectivity index (χ4n) is 3.87. The Morgan fingerprint density at radius 2 is 1.92 bits per heavy atom. The maximum Gasteiger partial charge on any atom is 0.328 e. The van der Waals surface area contributed by atoms with Crippen LogP contribution in [0.2, 0.25) is 0 Å². The Hall–Kier alpha value is -1.92. The van der Waals surface area contributed by atoms with Crippen molar-refractivity contribution in [2.24, 2.45) is 0 Å². The highest BCUT2D eigenvalue weighted by atomic mass is 16.5. The van der Waals surface area contributed by atoms with Crippen molar-refractivity contribution in [3.05, 3.63) is 35.9 Å². The SMILES string of the molecule is CCCC(=O)N1[C@H](C(=O)O)COC12CCN(Cc1ccccc1)CC2. The zero-order chi connectivity index (χ0) is 17.9. The van der Waals surface area contributed by atoms with E-state index >= 15 is 0 Å². The van der Waals surface area contributed by atoms with E-state index in [2.05, 4.69) is 17.0 Å². The van der Waals surface area contributed by atoms with E-state index in [-0.39, 0.29) is 12.5 Å². The van der Waals surface area contributed by atoms with Gasteiger partial charge in [0.1, 0.15) is 5.72 Å². The third-order valence-electron chi connectivity index (χ3n) is 5.16. The highest BCUT2D eigenvalue weighted by Crippen LogP contribution is 2.38. The maximum absolute atomic E-state index is 12.6. The van der Waals surface area contributed by atoms with E-state index < -0.39 is 17.7 Å². The van der Waals surface area contributed by atoms with E-state index in [1.165, 1.54) is 10.5 Å². The number of carbonyl (C=O) groups excluding carboxylic acids is 1. The van der Waals surface area contributed by atoms with Crippen molar-refractivity contribution < 1.29 is 19.4 Å². The zero-order valence-corrected chi connectivity index (χ0v) is 14.7. The minimum Gasteiger partial charge on any atom is -0.480 e. The van der Waals surface area contributed by atoms with Crippen LogP contribution in [0.25, 0.3) is 0 Å². The lowest BCUT2D eigenvalue weighted by Crippen LogP contribution is -2.58. The quantitative estimate of drug-likeness (QED) is 0.884. The molecule has 6 nitrogen and oxygen atoms in total. The molecule has 0 aliphatic carbocycles. The number of piperidine rings is 1. The van der Waals surface area contributed by atoms with Crippen molar-refractivity contribution >= 4 is 11.9 Å². The van der Waals surface area contributed by atoms with Gasteiger partial charge in [0.2, 0.25) is 5.91 Å². The van der Waals surface area contributed by atoms with Crippen LogP contribution in [0.15, 0.2) is 30.3 Å². The van der Waals surface area contributed by atoms with Crippen molar-refractivity contribution in [3.63, 3.8) is 0 Å². The highest BCUT2D eigenvalue weighted by Gasteiger charge is 2.53. The van der Waals surface area contributed by atoms with Crippen LogP contribution in [0.1, 0.15) is 38.2 Å². The Morgan fingerprint density at radius 1 is 1.24 bits per heavy atom. The van der Waals surface area contributed by atoms with Crippen molar-refractivity contribution in [2.45, 2.75) is 50.9 Å². The summed E-state index contributed by atoms with van der Waals surface area (Å²) in [4.78, 5) is 28.0. The molecule has 2 aliphatic rings. The average molecular weight is 346 g/mol. The monoisotopic (exact) mass is 346 g/mol. The van der Waals surface area contributed by atoms with Crippen LogP contribution in [-0.2, 0) is 20.9 Å². The van der Waals surface area contributed by atoms with E-state index in [1.807, 2.05) is 25.1 Å². The molecule has 2 aliphatic heterocycles. The number of likely N-dealkylation sites (tertiary alicyclic amines) is 1. The summed E-state index contributed by atoms with van der Waals surface area (Å²) in [7, 11) is 0. The second kappa shape index (κ2) is 7.54. The molecule has 6 heteroatoms. The summed E-state index contributed by atoms with van der Waals surface area (Å²) >= 11 is 0. The summed E-state index contributed by atoms with van der Waals surface area (Å²) in [5.41, 5.74) is 0.510. The number of benzene rings is 1. The lowest BCUT2D eigenvalue weighted by Gasteiger charge is -2.44.